The maximum Gasteiger partial charge on any atom is 0.332 e. The van der Waals surface area contributed by atoms with Crippen molar-refractivity contribution in [3.8, 4) is 0 Å². The van der Waals surface area contributed by atoms with Crippen molar-refractivity contribution in [2.24, 2.45) is 14.1 Å². The number of fused-ring (bicyclic) bond motifs is 1. The number of halogens is 2. The molecule has 0 aliphatic carbocycles. The van der Waals surface area contributed by atoms with Gasteiger partial charge in [-0.2, -0.15) is 8.78 Å². The van der Waals surface area contributed by atoms with Crippen LogP contribution < -0.4 is 11.2 Å². The summed E-state index contributed by atoms with van der Waals surface area (Å²) in [5.74, 6) is 0.688. The molecule has 0 bridgehead atoms. The molecule has 28 heavy (non-hydrogen) atoms. The molecular formula is C17H20F2N6O2S. The number of aryl methyl sites for hydroxylation is 1. The van der Waals surface area contributed by atoms with Crippen LogP contribution in [0.4, 0.5) is 8.78 Å². The van der Waals surface area contributed by atoms with Crippen molar-refractivity contribution in [2.75, 3.05) is 0 Å². The molecule has 0 fully saturated rings. The lowest BCUT2D eigenvalue weighted by atomic mass is 9.96. The summed E-state index contributed by atoms with van der Waals surface area (Å²) in [6.07, 6.45) is 2.49. The van der Waals surface area contributed by atoms with Crippen LogP contribution in [-0.4, -0.2) is 28.7 Å². The number of rotatable bonds is 4. The number of nitrogens with zero attached hydrogens (tertiary/aromatic N) is 6. The zero-order chi connectivity index (χ0) is 20.8. The van der Waals surface area contributed by atoms with Crippen molar-refractivity contribution in [3.05, 3.63) is 44.9 Å². The fourth-order valence-corrected chi connectivity index (χ4v) is 3.60. The molecule has 3 heterocycles. The lowest BCUT2D eigenvalue weighted by Gasteiger charge is -2.19. The highest BCUT2D eigenvalue weighted by molar-refractivity contribution is 7.98. The first-order valence-corrected chi connectivity index (χ1v) is 9.42. The third-order valence-corrected chi connectivity index (χ3v) is 5.21. The minimum absolute atomic E-state index is 0.0824. The fraction of sp³-hybridized carbons (Fsp3) is 0.471. The van der Waals surface area contributed by atoms with E-state index in [-0.39, 0.29) is 22.6 Å². The summed E-state index contributed by atoms with van der Waals surface area (Å²) in [5.41, 5.74) is -1.26. The number of imidazole rings is 1. The van der Waals surface area contributed by atoms with Gasteiger partial charge in [-0.3, -0.25) is 18.5 Å². The Balaban J connectivity index is 2.21. The normalized spacial score (nSPS) is 12.3. The molecule has 0 spiro atoms. The first-order chi connectivity index (χ1) is 13.0. The van der Waals surface area contributed by atoms with E-state index in [1.54, 1.807) is 0 Å². The third kappa shape index (κ3) is 3.46. The summed E-state index contributed by atoms with van der Waals surface area (Å²) in [6.45, 7) is 3.01. The van der Waals surface area contributed by atoms with E-state index in [2.05, 4.69) is 15.0 Å². The molecule has 11 heteroatoms. The maximum atomic E-state index is 13.1. The van der Waals surface area contributed by atoms with Crippen LogP contribution in [0.1, 0.15) is 39.0 Å². The molecule has 3 aromatic rings. The van der Waals surface area contributed by atoms with Crippen LogP contribution in [0.3, 0.4) is 0 Å². The molecule has 0 unspecified atom stereocenters. The van der Waals surface area contributed by atoms with E-state index in [0.717, 1.165) is 20.9 Å². The van der Waals surface area contributed by atoms with Gasteiger partial charge in [0.15, 0.2) is 5.65 Å². The van der Waals surface area contributed by atoms with Gasteiger partial charge in [0.05, 0.1) is 5.75 Å². The Hall–Kier alpha value is -2.56. The van der Waals surface area contributed by atoms with Crippen molar-refractivity contribution in [2.45, 2.75) is 43.5 Å². The largest absolute Gasteiger partial charge is 0.332 e. The van der Waals surface area contributed by atoms with Crippen molar-refractivity contribution in [1.29, 1.82) is 0 Å². The van der Waals surface area contributed by atoms with Crippen LogP contribution in [0.15, 0.2) is 27.0 Å². The molecule has 0 atom stereocenters. The van der Waals surface area contributed by atoms with Crippen LogP contribution in [0.5, 0.6) is 0 Å². The molecule has 0 saturated heterocycles. The predicted octanol–water partition coefficient (Wildman–Crippen LogP) is 2.21. The zero-order valence-electron chi connectivity index (χ0n) is 16.1. The molecule has 8 nitrogen and oxygen atoms in total. The molecule has 3 aromatic heterocycles. The third-order valence-electron chi connectivity index (χ3n) is 4.23. The Labute approximate surface area is 163 Å². The van der Waals surface area contributed by atoms with Crippen molar-refractivity contribution in [3.63, 3.8) is 0 Å². The lowest BCUT2D eigenvalue weighted by Crippen LogP contribution is -2.38. The fourth-order valence-electron chi connectivity index (χ4n) is 2.64. The van der Waals surface area contributed by atoms with E-state index < -0.39 is 23.2 Å². The van der Waals surface area contributed by atoms with Gasteiger partial charge in [-0.15, -0.1) is 0 Å². The summed E-state index contributed by atoms with van der Waals surface area (Å²) >= 11 is 1.11. The van der Waals surface area contributed by atoms with Gasteiger partial charge in [-0.25, -0.2) is 19.7 Å². The van der Waals surface area contributed by atoms with E-state index in [1.807, 2.05) is 20.8 Å². The van der Waals surface area contributed by atoms with Gasteiger partial charge in [0.2, 0.25) is 0 Å². The molecule has 3 rings (SSSR count). The van der Waals surface area contributed by atoms with E-state index in [4.69, 9.17) is 0 Å². The lowest BCUT2D eigenvalue weighted by molar-refractivity contribution is 0.0678. The second kappa shape index (κ2) is 7.12. The van der Waals surface area contributed by atoms with Gasteiger partial charge in [-0.1, -0.05) is 32.5 Å². The molecular weight excluding hydrogens is 390 g/mol. The van der Waals surface area contributed by atoms with Gasteiger partial charge < -0.3 is 0 Å². The first kappa shape index (κ1) is 20.2. The number of alkyl halides is 2. The number of aromatic nitrogens is 6. The highest BCUT2D eigenvalue weighted by Crippen LogP contribution is 2.29. The van der Waals surface area contributed by atoms with Crippen molar-refractivity contribution >= 4 is 22.8 Å². The van der Waals surface area contributed by atoms with Crippen LogP contribution >= 0.6 is 11.8 Å². The molecule has 0 radical (unpaired) electrons. The van der Waals surface area contributed by atoms with Gasteiger partial charge in [0.1, 0.15) is 22.1 Å². The second-order valence-corrected chi connectivity index (χ2v) is 8.29. The Kier molecular flexibility index (Phi) is 5.13. The summed E-state index contributed by atoms with van der Waals surface area (Å²) in [4.78, 5) is 38.0. The molecule has 0 amide bonds. The summed E-state index contributed by atoms with van der Waals surface area (Å²) in [7, 11) is 2.90. The quantitative estimate of drug-likeness (QED) is 0.484. The van der Waals surface area contributed by atoms with Gasteiger partial charge >= 0.3 is 12.2 Å². The van der Waals surface area contributed by atoms with Crippen LogP contribution in [0.2, 0.25) is 0 Å². The Morgan fingerprint density at radius 2 is 1.82 bits per heavy atom. The Morgan fingerprint density at radius 1 is 1.14 bits per heavy atom. The molecule has 0 aliphatic heterocycles. The monoisotopic (exact) mass is 410 g/mol. The van der Waals surface area contributed by atoms with Gasteiger partial charge in [0.25, 0.3) is 5.56 Å². The van der Waals surface area contributed by atoms with Gasteiger partial charge in [-0.05, 0) is 0 Å². The summed E-state index contributed by atoms with van der Waals surface area (Å²) in [6, 6.07) is 0. The van der Waals surface area contributed by atoms with Crippen LogP contribution in [-0.2, 0) is 25.3 Å². The van der Waals surface area contributed by atoms with Gasteiger partial charge in [0, 0.05) is 31.9 Å². The standard InChI is InChI=1S/C17H20F2N6O2S/c1-17(2,3)14-21-11-10(13(26)24(5)16(27)23(11)4)12(22-14)28-8-9-20-6-7-25(9)15(18)19/h6-7,15H,8H2,1-5H3. The maximum absolute atomic E-state index is 13.1. The van der Waals surface area contributed by atoms with E-state index in [0.29, 0.717) is 10.9 Å². The minimum Gasteiger partial charge on any atom is -0.280 e. The van der Waals surface area contributed by atoms with Crippen molar-refractivity contribution < 1.29 is 8.78 Å². The predicted molar refractivity (Wildman–Crippen MR) is 102 cm³/mol. The number of thioether (sulfide) groups is 1. The second-order valence-electron chi connectivity index (χ2n) is 7.32. The molecule has 0 aliphatic rings. The molecule has 0 N–H and O–H groups in total. The SMILES string of the molecule is Cn1c(=O)c2c(SCc3nccn3C(F)F)nc(C(C)(C)C)nc2n(C)c1=O. The first-order valence-electron chi connectivity index (χ1n) is 8.43. The average molecular weight is 410 g/mol. The van der Waals surface area contributed by atoms with E-state index in [9.17, 15) is 18.4 Å². The Bertz CT molecular complexity index is 1160. The Morgan fingerprint density at radius 3 is 2.43 bits per heavy atom. The number of hydrogen-bond acceptors (Lipinski definition) is 6. The smallest absolute Gasteiger partial charge is 0.280 e. The zero-order valence-corrected chi connectivity index (χ0v) is 16.9. The highest BCUT2D eigenvalue weighted by Gasteiger charge is 2.24. The summed E-state index contributed by atoms with van der Waals surface area (Å²) < 4.78 is 29.2. The molecule has 0 aromatic carbocycles. The van der Waals surface area contributed by atoms with Crippen LogP contribution in [0, 0.1) is 0 Å². The topological polar surface area (TPSA) is 87.6 Å². The van der Waals surface area contributed by atoms with E-state index >= 15 is 0 Å². The molecule has 0 saturated carbocycles. The number of hydrogen-bond donors (Lipinski definition) is 0. The highest BCUT2D eigenvalue weighted by atomic mass is 32.2. The summed E-state index contributed by atoms with van der Waals surface area (Å²) in [5, 5.41) is 0.507. The van der Waals surface area contributed by atoms with E-state index in [1.165, 1.54) is 31.1 Å². The van der Waals surface area contributed by atoms with Crippen LogP contribution in [0.25, 0.3) is 11.0 Å². The molecule has 150 valence electrons. The van der Waals surface area contributed by atoms with Crippen molar-refractivity contribution in [1.82, 2.24) is 28.7 Å². The minimum atomic E-state index is -2.71. The average Bonchev–Trinajstić information content (AvgIpc) is 3.10.